The number of carbonyl (C=O) groups excluding carboxylic acids is 2. The summed E-state index contributed by atoms with van der Waals surface area (Å²) in [5.74, 6) is -0.286. The molecule has 144 valence electrons. The molecule has 0 saturated heterocycles. The number of aromatic carboxylic acids is 1. The largest absolute Gasteiger partial charge is 0.545 e. The van der Waals surface area contributed by atoms with Crippen molar-refractivity contribution in [3.05, 3.63) is 65.0 Å². The molecular formula is C20H17N2O4S2-. The van der Waals surface area contributed by atoms with Gasteiger partial charge in [-0.3, -0.25) is 4.79 Å². The topological polar surface area (TPSA) is 91.3 Å². The van der Waals surface area contributed by atoms with Crippen LogP contribution in [0.2, 0.25) is 0 Å². The van der Waals surface area contributed by atoms with Crippen LogP contribution < -0.4 is 15.2 Å². The van der Waals surface area contributed by atoms with Gasteiger partial charge in [-0.1, -0.05) is 36.0 Å². The fourth-order valence-electron chi connectivity index (χ4n) is 2.36. The maximum atomic E-state index is 12.0. The number of ether oxygens (including phenoxy) is 1. The Labute approximate surface area is 170 Å². The summed E-state index contributed by atoms with van der Waals surface area (Å²) in [7, 11) is 1.63. The van der Waals surface area contributed by atoms with Gasteiger partial charge in [-0.25, -0.2) is 4.98 Å². The number of carbonyl (C=O) groups is 2. The molecule has 2 aromatic carbocycles. The number of carboxylic acid groups (broad SMARTS) is 1. The lowest BCUT2D eigenvalue weighted by Crippen LogP contribution is -2.25. The van der Waals surface area contributed by atoms with Gasteiger partial charge < -0.3 is 20.0 Å². The first kappa shape index (κ1) is 19.9. The van der Waals surface area contributed by atoms with Crippen molar-refractivity contribution in [1.82, 2.24) is 10.3 Å². The molecule has 0 unspecified atom stereocenters. The Hall–Kier alpha value is -2.84. The molecule has 8 heteroatoms. The zero-order valence-electron chi connectivity index (χ0n) is 15.0. The Bertz CT molecular complexity index is 953. The summed E-state index contributed by atoms with van der Waals surface area (Å²) in [4.78, 5) is 27.3. The third-order valence-corrected chi connectivity index (χ3v) is 5.90. The first-order chi connectivity index (χ1) is 13.5. The summed E-state index contributed by atoms with van der Waals surface area (Å²) in [5.41, 5.74) is 2.79. The van der Waals surface area contributed by atoms with Crippen molar-refractivity contribution in [2.75, 3.05) is 12.9 Å². The molecule has 0 atom stereocenters. The number of amides is 1. The minimum absolute atomic E-state index is 0.113. The van der Waals surface area contributed by atoms with Crippen LogP contribution in [0, 0.1) is 0 Å². The molecule has 6 nitrogen and oxygen atoms in total. The summed E-state index contributed by atoms with van der Waals surface area (Å²) >= 11 is 2.87. The highest BCUT2D eigenvalue weighted by molar-refractivity contribution is 8.01. The predicted molar refractivity (Wildman–Crippen MR) is 107 cm³/mol. The van der Waals surface area contributed by atoms with E-state index in [1.807, 2.05) is 29.6 Å². The van der Waals surface area contributed by atoms with Gasteiger partial charge in [-0.2, -0.15) is 0 Å². The molecule has 0 aliphatic heterocycles. The van der Waals surface area contributed by atoms with Crippen LogP contribution in [0.5, 0.6) is 5.75 Å². The van der Waals surface area contributed by atoms with Crippen LogP contribution >= 0.6 is 23.1 Å². The molecule has 0 bridgehead atoms. The highest BCUT2D eigenvalue weighted by atomic mass is 32.2. The van der Waals surface area contributed by atoms with Crippen LogP contribution in [0.1, 0.15) is 15.9 Å². The van der Waals surface area contributed by atoms with Crippen molar-refractivity contribution in [3.8, 4) is 17.0 Å². The summed E-state index contributed by atoms with van der Waals surface area (Å²) in [6.45, 7) is 0.335. The second-order valence-corrected chi connectivity index (χ2v) is 7.86. The zero-order valence-corrected chi connectivity index (χ0v) is 16.6. The minimum atomic E-state index is -1.22. The monoisotopic (exact) mass is 413 g/mol. The van der Waals surface area contributed by atoms with E-state index in [0.717, 1.165) is 26.9 Å². The van der Waals surface area contributed by atoms with Crippen LogP contribution in [0.15, 0.2) is 58.3 Å². The van der Waals surface area contributed by atoms with Crippen LogP contribution in [0.25, 0.3) is 11.3 Å². The fourth-order valence-corrected chi connectivity index (χ4v) is 4.02. The molecule has 3 aromatic rings. The Morgan fingerprint density at radius 2 is 1.86 bits per heavy atom. The number of thiazole rings is 1. The molecule has 28 heavy (non-hydrogen) atoms. The van der Waals surface area contributed by atoms with Gasteiger partial charge in [0.1, 0.15) is 5.75 Å². The molecule has 1 amide bonds. The highest BCUT2D eigenvalue weighted by Gasteiger charge is 2.08. The van der Waals surface area contributed by atoms with Gasteiger partial charge in [-0.15, -0.1) is 11.3 Å². The summed E-state index contributed by atoms with van der Waals surface area (Å²) < 4.78 is 5.97. The number of hydrogen-bond donors (Lipinski definition) is 1. The number of rotatable bonds is 8. The molecule has 0 aliphatic rings. The summed E-state index contributed by atoms with van der Waals surface area (Å²) in [6, 6.07) is 13.9. The first-order valence-electron chi connectivity index (χ1n) is 8.35. The van der Waals surface area contributed by atoms with E-state index >= 15 is 0 Å². The maximum absolute atomic E-state index is 12.0. The van der Waals surface area contributed by atoms with Crippen LogP contribution in [-0.4, -0.2) is 29.7 Å². The second-order valence-electron chi connectivity index (χ2n) is 5.78. The van der Waals surface area contributed by atoms with E-state index < -0.39 is 5.97 Å². The third-order valence-electron chi connectivity index (χ3n) is 3.87. The van der Waals surface area contributed by atoms with Gasteiger partial charge in [0.15, 0.2) is 4.34 Å². The molecule has 1 heterocycles. The van der Waals surface area contributed by atoms with Gasteiger partial charge >= 0.3 is 0 Å². The third kappa shape index (κ3) is 5.34. The van der Waals surface area contributed by atoms with E-state index in [0.29, 0.717) is 6.54 Å². The second kappa shape index (κ2) is 9.38. The van der Waals surface area contributed by atoms with Crippen LogP contribution in [-0.2, 0) is 11.3 Å². The fraction of sp³-hybridized carbons (Fsp3) is 0.150. The van der Waals surface area contributed by atoms with Gasteiger partial charge in [-0.05, 0) is 35.4 Å². The van der Waals surface area contributed by atoms with E-state index in [2.05, 4.69) is 10.3 Å². The van der Waals surface area contributed by atoms with Crippen LogP contribution in [0.4, 0.5) is 0 Å². The lowest BCUT2D eigenvalue weighted by Gasteiger charge is -2.06. The number of carboxylic acids is 1. The molecule has 0 fully saturated rings. The molecule has 0 saturated carbocycles. The predicted octanol–water partition coefficient (Wildman–Crippen LogP) is 2.59. The molecule has 0 radical (unpaired) electrons. The SMILES string of the molecule is COc1ccc(-c2csc(SCC(=O)NCc3ccc(C(=O)[O-])cc3)n2)cc1. The van der Waals surface area contributed by atoms with E-state index in [1.54, 1.807) is 19.2 Å². The van der Waals surface area contributed by atoms with Gasteiger partial charge in [0.25, 0.3) is 0 Å². The first-order valence-corrected chi connectivity index (χ1v) is 10.2. The molecule has 0 spiro atoms. The lowest BCUT2D eigenvalue weighted by molar-refractivity contribution is -0.255. The molecule has 3 rings (SSSR count). The summed E-state index contributed by atoms with van der Waals surface area (Å²) in [5, 5.41) is 15.5. The average Bonchev–Trinajstić information content (AvgIpc) is 3.20. The molecule has 0 aliphatic carbocycles. The number of aromatic nitrogens is 1. The number of methoxy groups -OCH3 is 1. The Morgan fingerprint density at radius 1 is 1.14 bits per heavy atom. The number of benzene rings is 2. The van der Waals surface area contributed by atoms with Crippen molar-refractivity contribution in [1.29, 1.82) is 0 Å². The van der Waals surface area contributed by atoms with E-state index in [1.165, 1.54) is 35.2 Å². The van der Waals surface area contributed by atoms with Crippen molar-refractivity contribution in [2.24, 2.45) is 0 Å². The number of nitrogens with zero attached hydrogens (tertiary/aromatic N) is 1. The Morgan fingerprint density at radius 3 is 2.50 bits per heavy atom. The smallest absolute Gasteiger partial charge is 0.230 e. The van der Waals surface area contributed by atoms with E-state index in [-0.39, 0.29) is 17.2 Å². The zero-order chi connectivity index (χ0) is 19.9. The van der Waals surface area contributed by atoms with Crippen molar-refractivity contribution < 1.29 is 19.4 Å². The van der Waals surface area contributed by atoms with Gasteiger partial charge in [0.2, 0.25) is 5.91 Å². The van der Waals surface area contributed by atoms with E-state index in [4.69, 9.17) is 4.74 Å². The molecule has 1 N–H and O–H groups in total. The number of thioether (sulfide) groups is 1. The minimum Gasteiger partial charge on any atom is -0.545 e. The van der Waals surface area contributed by atoms with Crippen molar-refractivity contribution >= 4 is 35.0 Å². The standard InChI is InChI=1S/C20H18N2O4S2/c1-26-16-8-6-14(7-9-16)17-11-27-20(22-17)28-12-18(23)21-10-13-2-4-15(5-3-13)19(24)25/h2-9,11H,10,12H2,1H3,(H,21,23)(H,24,25)/p-1. The molecule has 1 aromatic heterocycles. The Balaban J connectivity index is 1.48. The average molecular weight is 414 g/mol. The van der Waals surface area contributed by atoms with Gasteiger partial charge in [0, 0.05) is 17.5 Å². The lowest BCUT2D eigenvalue weighted by atomic mass is 10.1. The normalized spacial score (nSPS) is 10.5. The summed E-state index contributed by atoms with van der Waals surface area (Å²) in [6.07, 6.45) is 0. The number of nitrogens with one attached hydrogen (secondary N) is 1. The Kier molecular flexibility index (Phi) is 6.67. The highest BCUT2D eigenvalue weighted by Crippen LogP contribution is 2.29. The quantitative estimate of drug-likeness (QED) is 0.571. The van der Waals surface area contributed by atoms with Crippen LogP contribution in [0.3, 0.4) is 0 Å². The van der Waals surface area contributed by atoms with E-state index in [9.17, 15) is 14.7 Å². The van der Waals surface area contributed by atoms with Gasteiger partial charge in [0.05, 0.1) is 24.5 Å². The number of hydrogen-bond acceptors (Lipinski definition) is 7. The maximum Gasteiger partial charge on any atom is 0.230 e. The van der Waals surface area contributed by atoms with Crippen molar-refractivity contribution in [3.63, 3.8) is 0 Å². The molecular weight excluding hydrogens is 396 g/mol. The van der Waals surface area contributed by atoms with Crippen molar-refractivity contribution in [2.45, 2.75) is 10.9 Å².